The van der Waals surface area contributed by atoms with Crippen molar-refractivity contribution in [2.24, 2.45) is 5.92 Å². The van der Waals surface area contributed by atoms with Crippen LogP contribution < -0.4 is 4.74 Å². The SMILES string of the molecule is CCN(C)C(=O)c1csc(COc2ccc3c(c2)[C@@H](c2ccc(C)cc2)N(C(=O)C2CCCC2)CC3)n1. The van der Waals surface area contributed by atoms with Crippen LogP contribution in [-0.2, 0) is 17.8 Å². The van der Waals surface area contributed by atoms with Crippen LogP contribution in [0.25, 0.3) is 0 Å². The summed E-state index contributed by atoms with van der Waals surface area (Å²) in [6.07, 6.45) is 5.13. The fourth-order valence-corrected chi connectivity index (χ4v) is 6.07. The maximum atomic E-state index is 13.6. The molecule has 0 saturated heterocycles. The molecule has 1 saturated carbocycles. The Morgan fingerprint density at radius 2 is 1.89 bits per heavy atom. The first-order valence-corrected chi connectivity index (χ1v) is 14.1. The number of rotatable bonds is 7. The lowest BCUT2D eigenvalue weighted by molar-refractivity contribution is -0.137. The second-order valence-corrected chi connectivity index (χ2v) is 11.1. The van der Waals surface area contributed by atoms with Crippen LogP contribution in [0.1, 0.15) is 76.4 Å². The van der Waals surface area contributed by atoms with Crippen molar-refractivity contribution >= 4 is 23.2 Å². The Bertz CT molecular complexity index is 1260. The largest absolute Gasteiger partial charge is 0.486 e. The van der Waals surface area contributed by atoms with Crippen LogP contribution in [0.3, 0.4) is 0 Å². The number of hydrogen-bond acceptors (Lipinski definition) is 5. The Kier molecular flexibility index (Phi) is 7.60. The van der Waals surface area contributed by atoms with E-state index in [4.69, 9.17) is 4.74 Å². The molecule has 2 heterocycles. The number of fused-ring (bicyclic) bond motifs is 1. The van der Waals surface area contributed by atoms with E-state index in [2.05, 4.69) is 53.2 Å². The Morgan fingerprint density at radius 3 is 2.62 bits per heavy atom. The first-order chi connectivity index (χ1) is 17.9. The summed E-state index contributed by atoms with van der Waals surface area (Å²) in [6, 6.07) is 14.7. The van der Waals surface area contributed by atoms with Gasteiger partial charge in [0.05, 0.1) is 6.04 Å². The standard InChI is InChI=1S/C30H35N3O3S/c1-4-32(3)30(35)26-19-37-27(31-26)18-36-24-14-13-21-15-16-33(29(34)23-7-5-6-8-23)28(25(21)17-24)22-11-9-20(2)10-12-22/h9-14,17,19,23,28H,4-8,15-16,18H2,1-3H3/t28-/m1/s1. The summed E-state index contributed by atoms with van der Waals surface area (Å²) in [7, 11) is 1.77. The molecule has 1 aliphatic heterocycles. The number of carbonyl (C=O) groups is 2. The molecule has 1 aromatic heterocycles. The lowest BCUT2D eigenvalue weighted by Gasteiger charge is -2.39. The van der Waals surface area contributed by atoms with Gasteiger partial charge in [0, 0.05) is 31.4 Å². The minimum absolute atomic E-state index is 0.0771. The van der Waals surface area contributed by atoms with Gasteiger partial charge in [0.2, 0.25) is 5.91 Å². The zero-order valence-electron chi connectivity index (χ0n) is 21.9. The van der Waals surface area contributed by atoms with Crippen LogP contribution in [0.15, 0.2) is 47.8 Å². The highest BCUT2D eigenvalue weighted by Crippen LogP contribution is 2.40. The van der Waals surface area contributed by atoms with E-state index in [0.717, 1.165) is 60.5 Å². The van der Waals surface area contributed by atoms with Crippen molar-refractivity contribution in [3.05, 3.63) is 80.8 Å². The number of nitrogens with zero attached hydrogens (tertiary/aromatic N) is 3. The molecule has 2 aromatic carbocycles. The van der Waals surface area contributed by atoms with Crippen LogP contribution in [0.5, 0.6) is 5.75 Å². The van der Waals surface area contributed by atoms with E-state index in [1.165, 1.54) is 22.5 Å². The zero-order chi connectivity index (χ0) is 25.9. The number of benzene rings is 2. The molecule has 2 aliphatic rings. The highest BCUT2D eigenvalue weighted by atomic mass is 32.1. The molecule has 1 fully saturated rings. The van der Waals surface area contributed by atoms with Gasteiger partial charge < -0.3 is 14.5 Å². The average molecular weight is 518 g/mol. The van der Waals surface area contributed by atoms with Gasteiger partial charge in [0.15, 0.2) is 0 Å². The normalized spacial score (nSPS) is 17.5. The molecule has 0 unspecified atom stereocenters. The molecule has 1 atom stereocenters. The molecule has 2 amide bonds. The number of hydrogen-bond donors (Lipinski definition) is 0. The van der Waals surface area contributed by atoms with E-state index in [0.29, 0.717) is 18.8 Å². The predicted molar refractivity (Wildman–Crippen MR) is 146 cm³/mol. The van der Waals surface area contributed by atoms with Crippen LogP contribution in [0.4, 0.5) is 0 Å². The Labute approximate surface area is 223 Å². The molecule has 0 radical (unpaired) electrons. The van der Waals surface area contributed by atoms with Crippen molar-refractivity contribution in [3.63, 3.8) is 0 Å². The summed E-state index contributed by atoms with van der Waals surface area (Å²) in [5.41, 5.74) is 5.20. The fraction of sp³-hybridized carbons (Fsp3) is 0.433. The van der Waals surface area contributed by atoms with Crippen LogP contribution in [-0.4, -0.2) is 46.7 Å². The summed E-state index contributed by atoms with van der Waals surface area (Å²) in [5, 5.41) is 2.55. The Balaban J connectivity index is 1.40. The summed E-state index contributed by atoms with van der Waals surface area (Å²) in [4.78, 5) is 34.3. The van der Waals surface area contributed by atoms with Gasteiger partial charge in [-0.25, -0.2) is 4.98 Å². The van der Waals surface area contributed by atoms with E-state index >= 15 is 0 Å². The minimum Gasteiger partial charge on any atom is -0.486 e. The maximum absolute atomic E-state index is 13.6. The third-order valence-electron chi connectivity index (χ3n) is 7.68. The highest BCUT2D eigenvalue weighted by molar-refractivity contribution is 7.09. The van der Waals surface area contributed by atoms with E-state index in [1.807, 2.05) is 13.0 Å². The molecule has 37 heavy (non-hydrogen) atoms. The monoisotopic (exact) mass is 517 g/mol. The fourth-order valence-electron chi connectivity index (χ4n) is 5.40. The number of ether oxygens (including phenoxy) is 1. The van der Waals surface area contributed by atoms with Crippen molar-refractivity contribution in [1.29, 1.82) is 0 Å². The number of amides is 2. The van der Waals surface area contributed by atoms with Crippen molar-refractivity contribution in [2.45, 2.75) is 58.6 Å². The molecule has 0 N–H and O–H groups in total. The Hall–Kier alpha value is -3.19. The molecular formula is C30H35N3O3S. The maximum Gasteiger partial charge on any atom is 0.273 e. The molecule has 0 bridgehead atoms. The third-order valence-corrected chi connectivity index (χ3v) is 8.50. The zero-order valence-corrected chi connectivity index (χ0v) is 22.7. The molecular weight excluding hydrogens is 482 g/mol. The molecule has 194 valence electrons. The average Bonchev–Trinajstić information content (AvgIpc) is 3.63. The van der Waals surface area contributed by atoms with Crippen molar-refractivity contribution in [2.75, 3.05) is 20.1 Å². The molecule has 3 aromatic rings. The van der Waals surface area contributed by atoms with Gasteiger partial charge in [-0.3, -0.25) is 9.59 Å². The predicted octanol–water partition coefficient (Wildman–Crippen LogP) is 5.79. The van der Waals surface area contributed by atoms with Gasteiger partial charge in [0.25, 0.3) is 5.91 Å². The van der Waals surface area contributed by atoms with Crippen molar-refractivity contribution < 1.29 is 14.3 Å². The minimum atomic E-state index is -0.116. The quantitative estimate of drug-likeness (QED) is 0.398. The third kappa shape index (κ3) is 5.42. The Morgan fingerprint density at radius 1 is 1.14 bits per heavy atom. The second kappa shape index (κ2) is 11.1. The number of carbonyl (C=O) groups excluding carboxylic acids is 2. The van der Waals surface area contributed by atoms with Crippen molar-refractivity contribution in [3.8, 4) is 5.75 Å². The first kappa shape index (κ1) is 25.5. The van der Waals surface area contributed by atoms with E-state index in [1.54, 1.807) is 17.3 Å². The van der Waals surface area contributed by atoms with Gasteiger partial charge in [-0.15, -0.1) is 11.3 Å². The van der Waals surface area contributed by atoms with Crippen LogP contribution >= 0.6 is 11.3 Å². The summed E-state index contributed by atoms with van der Waals surface area (Å²) in [6.45, 7) is 5.70. The van der Waals surface area contributed by atoms with E-state index in [9.17, 15) is 9.59 Å². The van der Waals surface area contributed by atoms with Gasteiger partial charge in [-0.05, 0) is 61.9 Å². The molecule has 7 heteroatoms. The van der Waals surface area contributed by atoms with Gasteiger partial charge in [0.1, 0.15) is 23.1 Å². The van der Waals surface area contributed by atoms with E-state index < -0.39 is 0 Å². The molecule has 0 spiro atoms. The lowest BCUT2D eigenvalue weighted by atomic mass is 9.86. The van der Waals surface area contributed by atoms with Gasteiger partial charge in [-0.1, -0.05) is 48.7 Å². The second-order valence-electron chi connectivity index (χ2n) is 10.2. The first-order valence-electron chi connectivity index (χ1n) is 13.3. The van der Waals surface area contributed by atoms with E-state index in [-0.39, 0.29) is 23.8 Å². The molecule has 5 rings (SSSR count). The number of aromatic nitrogens is 1. The summed E-state index contributed by atoms with van der Waals surface area (Å²) >= 11 is 1.43. The summed E-state index contributed by atoms with van der Waals surface area (Å²) < 4.78 is 6.16. The topological polar surface area (TPSA) is 62.7 Å². The molecule has 6 nitrogen and oxygen atoms in total. The molecule has 1 aliphatic carbocycles. The smallest absolute Gasteiger partial charge is 0.273 e. The number of aryl methyl sites for hydroxylation is 1. The van der Waals surface area contributed by atoms with Crippen LogP contribution in [0.2, 0.25) is 0 Å². The lowest BCUT2D eigenvalue weighted by Crippen LogP contribution is -2.43. The number of thiazole rings is 1. The van der Waals surface area contributed by atoms with Gasteiger partial charge in [-0.2, -0.15) is 0 Å². The van der Waals surface area contributed by atoms with Gasteiger partial charge >= 0.3 is 0 Å². The van der Waals surface area contributed by atoms with Crippen LogP contribution in [0, 0.1) is 12.8 Å². The summed E-state index contributed by atoms with van der Waals surface area (Å²) in [5.74, 6) is 1.10. The van der Waals surface area contributed by atoms with Crippen molar-refractivity contribution in [1.82, 2.24) is 14.8 Å². The highest BCUT2D eigenvalue weighted by Gasteiger charge is 2.36.